The second-order valence-electron chi connectivity index (χ2n) is 4.76. The molecule has 1 fully saturated rings. The van der Waals surface area contributed by atoms with E-state index < -0.39 is 6.61 Å². The Kier molecular flexibility index (Phi) is 4.53. The van der Waals surface area contributed by atoms with E-state index in [2.05, 4.69) is 10.1 Å². The molecule has 0 saturated heterocycles. The first-order chi connectivity index (χ1) is 8.70. The quantitative estimate of drug-likeness (QED) is 0.865. The van der Waals surface area contributed by atoms with Crippen molar-refractivity contribution in [1.82, 2.24) is 5.32 Å². The first-order valence-corrected chi connectivity index (χ1v) is 6.42. The molecular formula is C14H19F2NO. The van der Waals surface area contributed by atoms with Crippen LogP contribution in [-0.4, -0.2) is 13.7 Å². The van der Waals surface area contributed by atoms with Crippen LogP contribution in [0.25, 0.3) is 0 Å². The minimum atomic E-state index is -2.76. The predicted molar refractivity (Wildman–Crippen MR) is 66.8 cm³/mol. The molecule has 2 rings (SSSR count). The van der Waals surface area contributed by atoms with Gasteiger partial charge in [-0.1, -0.05) is 25.0 Å². The van der Waals surface area contributed by atoms with Crippen molar-refractivity contribution >= 4 is 0 Å². The van der Waals surface area contributed by atoms with E-state index in [-0.39, 0.29) is 5.75 Å². The van der Waals surface area contributed by atoms with Crippen LogP contribution >= 0.6 is 0 Å². The Hall–Kier alpha value is -1.16. The van der Waals surface area contributed by atoms with Crippen molar-refractivity contribution in [3.63, 3.8) is 0 Å². The second-order valence-corrected chi connectivity index (χ2v) is 4.76. The van der Waals surface area contributed by atoms with Crippen LogP contribution in [0.15, 0.2) is 24.3 Å². The van der Waals surface area contributed by atoms with Crippen LogP contribution in [0.2, 0.25) is 0 Å². The van der Waals surface area contributed by atoms with Crippen LogP contribution in [0, 0.1) is 5.92 Å². The summed E-state index contributed by atoms with van der Waals surface area (Å²) in [5.74, 6) is 0.867. The molecule has 1 saturated carbocycles. The van der Waals surface area contributed by atoms with Gasteiger partial charge < -0.3 is 10.1 Å². The van der Waals surface area contributed by atoms with E-state index in [9.17, 15) is 8.78 Å². The van der Waals surface area contributed by atoms with Crippen molar-refractivity contribution in [2.45, 2.75) is 38.3 Å². The van der Waals surface area contributed by atoms with Gasteiger partial charge in [0.05, 0.1) is 0 Å². The number of halogens is 2. The van der Waals surface area contributed by atoms with E-state index in [4.69, 9.17) is 0 Å². The molecule has 0 heterocycles. The van der Waals surface area contributed by atoms with Crippen molar-refractivity contribution in [1.29, 1.82) is 0 Å². The smallest absolute Gasteiger partial charge is 0.387 e. The zero-order valence-electron chi connectivity index (χ0n) is 10.5. The van der Waals surface area contributed by atoms with Crippen LogP contribution in [0.3, 0.4) is 0 Å². The minimum absolute atomic E-state index is 0.218. The standard InChI is InChI=1S/C14H19F2NO/c1-17-13(10-4-2-3-5-10)11-6-8-12(9-7-11)18-14(15)16/h6-10,13-14,17H,2-5H2,1H3. The van der Waals surface area contributed by atoms with Crippen molar-refractivity contribution in [2.24, 2.45) is 5.92 Å². The highest BCUT2D eigenvalue weighted by molar-refractivity contribution is 5.29. The summed E-state index contributed by atoms with van der Waals surface area (Å²) in [4.78, 5) is 0. The fourth-order valence-electron chi connectivity index (χ4n) is 2.82. The summed E-state index contributed by atoms with van der Waals surface area (Å²) in [6, 6.07) is 7.28. The molecule has 0 amide bonds. The fourth-order valence-corrected chi connectivity index (χ4v) is 2.82. The first-order valence-electron chi connectivity index (χ1n) is 6.42. The van der Waals surface area contributed by atoms with E-state index >= 15 is 0 Å². The van der Waals surface area contributed by atoms with Crippen molar-refractivity contribution in [2.75, 3.05) is 7.05 Å². The maximum absolute atomic E-state index is 12.1. The van der Waals surface area contributed by atoms with Gasteiger partial charge >= 0.3 is 6.61 Å². The number of hydrogen-bond donors (Lipinski definition) is 1. The number of benzene rings is 1. The molecule has 1 aliphatic carbocycles. The number of rotatable bonds is 5. The molecule has 1 atom stereocenters. The van der Waals surface area contributed by atoms with Crippen molar-refractivity contribution < 1.29 is 13.5 Å². The molecule has 2 nitrogen and oxygen atoms in total. The van der Waals surface area contributed by atoms with Gasteiger partial charge in [0.25, 0.3) is 0 Å². The monoisotopic (exact) mass is 255 g/mol. The largest absolute Gasteiger partial charge is 0.435 e. The van der Waals surface area contributed by atoms with Crippen LogP contribution in [-0.2, 0) is 0 Å². The fraction of sp³-hybridized carbons (Fsp3) is 0.571. The summed E-state index contributed by atoms with van der Waals surface area (Å²) in [7, 11) is 1.95. The van der Waals surface area contributed by atoms with Crippen LogP contribution in [0.1, 0.15) is 37.3 Å². The van der Waals surface area contributed by atoms with Gasteiger partial charge in [-0.2, -0.15) is 8.78 Å². The third-order valence-electron chi connectivity index (χ3n) is 3.65. The topological polar surface area (TPSA) is 21.3 Å². The molecule has 4 heteroatoms. The zero-order chi connectivity index (χ0) is 13.0. The highest BCUT2D eigenvalue weighted by Gasteiger charge is 2.24. The summed E-state index contributed by atoms with van der Waals surface area (Å²) in [5.41, 5.74) is 1.14. The molecular weight excluding hydrogens is 236 g/mol. The second kappa shape index (κ2) is 6.14. The Morgan fingerprint density at radius 1 is 1.17 bits per heavy atom. The molecule has 1 aromatic carbocycles. The highest BCUT2D eigenvalue weighted by atomic mass is 19.3. The first kappa shape index (κ1) is 13.3. The van der Waals surface area contributed by atoms with Gasteiger partial charge in [0.15, 0.2) is 0 Å². The van der Waals surface area contributed by atoms with E-state index in [1.165, 1.54) is 25.7 Å². The maximum atomic E-state index is 12.1. The summed E-state index contributed by atoms with van der Waals surface area (Å²) in [5, 5.41) is 3.33. The lowest BCUT2D eigenvalue weighted by Gasteiger charge is -2.23. The van der Waals surface area contributed by atoms with Crippen LogP contribution in [0.4, 0.5) is 8.78 Å². The number of hydrogen-bond acceptors (Lipinski definition) is 2. The van der Waals surface area contributed by atoms with Gasteiger partial charge in [0.2, 0.25) is 0 Å². The molecule has 0 radical (unpaired) electrons. The Labute approximate surface area is 106 Å². The number of ether oxygens (including phenoxy) is 1. The average molecular weight is 255 g/mol. The third-order valence-corrected chi connectivity index (χ3v) is 3.65. The van der Waals surface area contributed by atoms with E-state index in [0.717, 1.165) is 5.56 Å². The Bertz CT molecular complexity index is 361. The van der Waals surface area contributed by atoms with Crippen LogP contribution in [0.5, 0.6) is 5.75 Å². The molecule has 0 spiro atoms. The van der Waals surface area contributed by atoms with Crippen LogP contribution < -0.4 is 10.1 Å². The van der Waals surface area contributed by atoms with Gasteiger partial charge in [0, 0.05) is 6.04 Å². The SMILES string of the molecule is CNC(c1ccc(OC(F)F)cc1)C1CCCC1. The molecule has 18 heavy (non-hydrogen) atoms. The summed E-state index contributed by atoms with van der Waals surface area (Å²) < 4.78 is 28.5. The summed E-state index contributed by atoms with van der Waals surface area (Å²) in [6.45, 7) is -2.76. The highest BCUT2D eigenvalue weighted by Crippen LogP contribution is 2.35. The lowest BCUT2D eigenvalue weighted by Crippen LogP contribution is -2.23. The molecule has 1 aromatic rings. The molecule has 0 bridgehead atoms. The van der Waals surface area contributed by atoms with Gasteiger partial charge in [-0.15, -0.1) is 0 Å². The van der Waals surface area contributed by atoms with Crippen molar-refractivity contribution in [3.05, 3.63) is 29.8 Å². The lowest BCUT2D eigenvalue weighted by atomic mass is 9.92. The minimum Gasteiger partial charge on any atom is -0.435 e. The van der Waals surface area contributed by atoms with E-state index in [1.807, 2.05) is 19.2 Å². The molecule has 0 aliphatic heterocycles. The Morgan fingerprint density at radius 3 is 2.28 bits per heavy atom. The van der Waals surface area contributed by atoms with E-state index in [1.54, 1.807) is 12.1 Å². The zero-order valence-corrected chi connectivity index (χ0v) is 10.5. The molecule has 1 unspecified atom stereocenters. The third kappa shape index (κ3) is 3.19. The molecule has 100 valence electrons. The number of alkyl halides is 2. The molecule has 1 N–H and O–H groups in total. The summed E-state index contributed by atoms with van der Waals surface area (Å²) in [6.07, 6.45) is 5.05. The summed E-state index contributed by atoms with van der Waals surface area (Å²) >= 11 is 0. The van der Waals surface area contributed by atoms with Gasteiger partial charge in [-0.25, -0.2) is 0 Å². The predicted octanol–water partition coefficient (Wildman–Crippen LogP) is 3.74. The van der Waals surface area contributed by atoms with E-state index in [0.29, 0.717) is 12.0 Å². The van der Waals surface area contributed by atoms with Gasteiger partial charge in [-0.05, 0) is 43.5 Å². The Morgan fingerprint density at radius 2 is 1.78 bits per heavy atom. The van der Waals surface area contributed by atoms with Gasteiger partial charge in [0.1, 0.15) is 5.75 Å². The van der Waals surface area contributed by atoms with Crippen molar-refractivity contribution in [3.8, 4) is 5.75 Å². The Balaban J connectivity index is 2.06. The maximum Gasteiger partial charge on any atom is 0.387 e. The van der Waals surface area contributed by atoms with Gasteiger partial charge in [-0.3, -0.25) is 0 Å². The normalized spacial score (nSPS) is 18.2. The lowest BCUT2D eigenvalue weighted by molar-refractivity contribution is -0.0498. The molecule has 1 aliphatic rings. The molecule has 0 aromatic heterocycles. The number of nitrogens with one attached hydrogen (secondary N) is 1. The average Bonchev–Trinajstić information content (AvgIpc) is 2.85.